The average molecular weight is 380 g/mol. The third-order valence-corrected chi connectivity index (χ3v) is 4.69. The first-order valence-electron chi connectivity index (χ1n) is 8.64. The lowest BCUT2D eigenvalue weighted by molar-refractivity contribution is 0.101. The van der Waals surface area contributed by atoms with Gasteiger partial charge in [0, 0.05) is 24.0 Å². The molecule has 0 spiro atoms. The number of carbonyl (C=O) groups excluding carboxylic acids is 1. The molecule has 0 aliphatic heterocycles. The van der Waals surface area contributed by atoms with Crippen LogP contribution < -0.4 is 0 Å². The van der Waals surface area contributed by atoms with Crippen LogP contribution in [-0.2, 0) is 12.8 Å². The molecule has 28 heavy (non-hydrogen) atoms. The number of phenols is 5. The van der Waals surface area contributed by atoms with Crippen molar-refractivity contribution in [3.05, 3.63) is 76.3 Å². The van der Waals surface area contributed by atoms with E-state index in [0.29, 0.717) is 11.1 Å². The summed E-state index contributed by atoms with van der Waals surface area (Å²) >= 11 is 0. The summed E-state index contributed by atoms with van der Waals surface area (Å²) in [5.74, 6) is -2.10. The van der Waals surface area contributed by atoms with Crippen molar-refractivity contribution in [2.75, 3.05) is 0 Å². The molecule has 0 heterocycles. The minimum absolute atomic E-state index is 0.00919. The Balaban J connectivity index is 2.19. The average Bonchev–Trinajstić information content (AvgIpc) is 2.65. The Labute approximate surface area is 161 Å². The SMILES string of the molecule is CC(=O)c1c(O)c(Cc2ccccc2O)c(O)c(Cc2ccccc2O)c1O. The van der Waals surface area contributed by atoms with Gasteiger partial charge in [0.25, 0.3) is 0 Å². The Morgan fingerprint density at radius 1 is 0.679 bits per heavy atom. The lowest BCUT2D eigenvalue weighted by Crippen LogP contribution is -2.04. The highest BCUT2D eigenvalue weighted by molar-refractivity contribution is 6.01. The molecule has 3 aromatic rings. The predicted molar refractivity (Wildman–Crippen MR) is 103 cm³/mol. The van der Waals surface area contributed by atoms with Crippen molar-refractivity contribution in [1.82, 2.24) is 0 Å². The summed E-state index contributed by atoms with van der Waals surface area (Å²) in [6, 6.07) is 12.8. The maximum absolute atomic E-state index is 12.0. The molecule has 0 fully saturated rings. The maximum Gasteiger partial charge on any atom is 0.167 e. The van der Waals surface area contributed by atoms with Crippen molar-refractivity contribution in [3.8, 4) is 28.7 Å². The summed E-state index contributed by atoms with van der Waals surface area (Å²) in [7, 11) is 0. The normalized spacial score (nSPS) is 10.8. The number of phenolic OH excluding ortho intramolecular Hbond substituents is 5. The minimum atomic E-state index is -0.577. The van der Waals surface area contributed by atoms with Crippen molar-refractivity contribution >= 4 is 5.78 Å². The van der Waals surface area contributed by atoms with E-state index in [1.165, 1.54) is 19.1 Å². The minimum Gasteiger partial charge on any atom is -0.508 e. The van der Waals surface area contributed by atoms with Gasteiger partial charge < -0.3 is 25.5 Å². The van der Waals surface area contributed by atoms with E-state index in [9.17, 15) is 30.3 Å². The molecule has 144 valence electrons. The lowest BCUT2D eigenvalue weighted by Gasteiger charge is -2.18. The zero-order valence-corrected chi connectivity index (χ0v) is 15.2. The smallest absolute Gasteiger partial charge is 0.167 e. The zero-order valence-electron chi connectivity index (χ0n) is 15.2. The van der Waals surface area contributed by atoms with Crippen LogP contribution in [0.2, 0.25) is 0 Å². The quantitative estimate of drug-likeness (QED) is 0.432. The van der Waals surface area contributed by atoms with Gasteiger partial charge in [-0.25, -0.2) is 0 Å². The molecule has 0 saturated carbocycles. The van der Waals surface area contributed by atoms with Gasteiger partial charge in [0.2, 0.25) is 0 Å². The van der Waals surface area contributed by atoms with E-state index in [0.717, 1.165) is 0 Å². The van der Waals surface area contributed by atoms with Gasteiger partial charge in [-0.05, 0) is 30.2 Å². The van der Waals surface area contributed by atoms with E-state index in [2.05, 4.69) is 0 Å². The second-order valence-corrected chi connectivity index (χ2v) is 6.55. The molecule has 0 radical (unpaired) electrons. The van der Waals surface area contributed by atoms with Crippen LogP contribution in [0.4, 0.5) is 0 Å². The molecule has 0 unspecified atom stereocenters. The number of Topliss-reactive ketones (excluding diaryl/α,β-unsaturated/α-hetero) is 1. The molecule has 5 N–H and O–H groups in total. The van der Waals surface area contributed by atoms with Gasteiger partial charge in [0.1, 0.15) is 34.3 Å². The molecule has 3 aromatic carbocycles. The van der Waals surface area contributed by atoms with Gasteiger partial charge in [-0.1, -0.05) is 36.4 Å². The molecule has 3 rings (SSSR count). The monoisotopic (exact) mass is 380 g/mol. The number of benzene rings is 3. The van der Waals surface area contributed by atoms with Gasteiger partial charge >= 0.3 is 0 Å². The van der Waals surface area contributed by atoms with Crippen molar-refractivity contribution < 1.29 is 30.3 Å². The predicted octanol–water partition coefficient (Wildman–Crippen LogP) is 3.60. The summed E-state index contributed by atoms with van der Waals surface area (Å²) < 4.78 is 0. The third kappa shape index (κ3) is 3.44. The molecule has 6 heteroatoms. The molecular weight excluding hydrogens is 360 g/mol. The Morgan fingerprint density at radius 2 is 1.07 bits per heavy atom. The standard InChI is InChI=1S/C22H20O6/c1-12(23)19-21(27)15(10-13-6-2-4-8-17(13)24)20(26)16(22(19)28)11-14-7-3-5-9-18(14)25/h2-9,24-28H,10-11H2,1H3. The zero-order chi connectivity index (χ0) is 20.4. The third-order valence-electron chi connectivity index (χ3n) is 4.69. The summed E-state index contributed by atoms with van der Waals surface area (Å²) in [5, 5.41) is 51.9. The molecule has 0 atom stereocenters. The second kappa shape index (κ2) is 7.52. The number of ketones is 1. The fourth-order valence-corrected chi connectivity index (χ4v) is 3.19. The van der Waals surface area contributed by atoms with Crippen molar-refractivity contribution in [3.63, 3.8) is 0 Å². The van der Waals surface area contributed by atoms with E-state index < -0.39 is 23.0 Å². The van der Waals surface area contributed by atoms with Gasteiger partial charge in [0.05, 0.1) is 0 Å². The van der Waals surface area contributed by atoms with Crippen molar-refractivity contribution in [2.45, 2.75) is 19.8 Å². The summed E-state index contributed by atoms with van der Waals surface area (Å²) in [4.78, 5) is 12.0. The number of carbonyl (C=O) groups is 1. The number of rotatable bonds is 5. The van der Waals surface area contributed by atoms with Crippen LogP contribution >= 0.6 is 0 Å². The molecule has 0 bridgehead atoms. The van der Waals surface area contributed by atoms with Gasteiger partial charge in [-0.15, -0.1) is 0 Å². The van der Waals surface area contributed by atoms with E-state index in [1.54, 1.807) is 36.4 Å². The van der Waals surface area contributed by atoms with E-state index in [-0.39, 0.29) is 41.0 Å². The second-order valence-electron chi connectivity index (χ2n) is 6.55. The van der Waals surface area contributed by atoms with Crippen molar-refractivity contribution in [1.29, 1.82) is 0 Å². The first-order chi connectivity index (χ1) is 13.3. The first kappa shape index (κ1) is 19.1. The number of hydrogen-bond acceptors (Lipinski definition) is 6. The number of para-hydroxylation sites is 2. The first-order valence-corrected chi connectivity index (χ1v) is 8.64. The Morgan fingerprint density at radius 3 is 1.43 bits per heavy atom. The molecule has 0 aliphatic rings. The fourth-order valence-electron chi connectivity index (χ4n) is 3.19. The van der Waals surface area contributed by atoms with E-state index in [1.807, 2.05) is 0 Å². The maximum atomic E-state index is 12.0. The molecule has 6 nitrogen and oxygen atoms in total. The fraction of sp³-hybridized carbons (Fsp3) is 0.136. The van der Waals surface area contributed by atoms with Crippen LogP contribution in [0.25, 0.3) is 0 Å². The van der Waals surface area contributed by atoms with E-state index in [4.69, 9.17) is 0 Å². The van der Waals surface area contributed by atoms with Crippen LogP contribution in [0.15, 0.2) is 48.5 Å². The summed E-state index contributed by atoms with van der Waals surface area (Å²) in [5.41, 5.74) is 0.571. The largest absolute Gasteiger partial charge is 0.508 e. The summed E-state index contributed by atoms with van der Waals surface area (Å²) in [6.07, 6.45) is -0.114. The molecule has 0 saturated heterocycles. The highest BCUT2D eigenvalue weighted by Gasteiger charge is 2.26. The van der Waals surface area contributed by atoms with Gasteiger partial charge in [-0.2, -0.15) is 0 Å². The molecule has 0 aliphatic carbocycles. The Kier molecular flexibility index (Phi) is 5.13. The highest BCUT2D eigenvalue weighted by Crippen LogP contribution is 2.45. The molecule has 0 amide bonds. The molecular formula is C22H20O6. The van der Waals surface area contributed by atoms with Gasteiger partial charge in [0.15, 0.2) is 5.78 Å². The Bertz CT molecular complexity index is 980. The van der Waals surface area contributed by atoms with E-state index >= 15 is 0 Å². The van der Waals surface area contributed by atoms with Gasteiger partial charge in [-0.3, -0.25) is 4.79 Å². The lowest BCUT2D eigenvalue weighted by atomic mass is 9.91. The van der Waals surface area contributed by atoms with Crippen LogP contribution in [0, 0.1) is 0 Å². The number of hydrogen-bond donors (Lipinski definition) is 5. The van der Waals surface area contributed by atoms with Crippen LogP contribution in [-0.4, -0.2) is 31.3 Å². The topological polar surface area (TPSA) is 118 Å². The Hall–Kier alpha value is -3.67. The van der Waals surface area contributed by atoms with Crippen LogP contribution in [0.3, 0.4) is 0 Å². The van der Waals surface area contributed by atoms with Crippen LogP contribution in [0.5, 0.6) is 28.7 Å². The molecule has 0 aromatic heterocycles. The van der Waals surface area contributed by atoms with Crippen molar-refractivity contribution in [2.24, 2.45) is 0 Å². The number of aromatic hydroxyl groups is 5. The van der Waals surface area contributed by atoms with Crippen LogP contribution in [0.1, 0.15) is 39.5 Å². The highest BCUT2D eigenvalue weighted by atomic mass is 16.3. The summed E-state index contributed by atoms with van der Waals surface area (Å²) in [6.45, 7) is 1.19.